The van der Waals surface area contributed by atoms with Crippen molar-refractivity contribution in [3.8, 4) is 0 Å². The Balaban J connectivity index is 3.07. The molecule has 1 atom stereocenters. The first-order chi connectivity index (χ1) is 12.5. The van der Waals surface area contributed by atoms with Crippen LogP contribution in [0.2, 0.25) is 0 Å². The lowest BCUT2D eigenvalue weighted by molar-refractivity contribution is -0.204. The first kappa shape index (κ1) is 23.9. The van der Waals surface area contributed by atoms with E-state index in [1.54, 1.807) is 27.7 Å². The third kappa shape index (κ3) is 6.17. The van der Waals surface area contributed by atoms with Gasteiger partial charge in [-0.05, 0) is 17.9 Å². The van der Waals surface area contributed by atoms with Crippen molar-refractivity contribution in [2.24, 2.45) is 11.3 Å². The van der Waals surface area contributed by atoms with Crippen molar-refractivity contribution in [1.82, 2.24) is 0 Å². The molecule has 6 nitrogen and oxygen atoms in total. The number of carboxylic acid groups (broad SMARTS) is 1. The standard InChI is InChI=1S/C19H29ClO6S/c1-15(2)19(17(21)22,25-13-16-9-6-5-7-10-16)18(3,4)14-26-27(23,24)12-8-11-20/h5-7,9-10,15H,8,11-14H2,1-4H3,(H,21,22)/t19-/m0/s1. The second-order valence-corrected chi connectivity index (χ2v) is 9.56. The summed E-state index contributed by atoms with van der Waals surface area (Å²) in [6, 6.07) is 9.22. The van der Waals surface area contributed by atoms with Crippen LogP contribution < -0.4 is 0 Å². The predicted octanol–water partition coefficient (Wildman–Crippen LogP) is 3.68. The molecule has 0 aliphatic rings. The SMILES string of the molecule is CC(C)[C@](OCc1ccccc1)(C(=O)O)C(C)(C)COS(=O)(=O)CCCCl. The van der Waals surface area contributed by atoms with Crippen molar-refractivity contribution in [2.75, 3.05) is 18.2 Å². The van der Waals surface area contributed by atoms with Crippen LogP contribution in [0, 0.1) is 11.3 Å². The van der Waals surface area contributed by atoms with E-state index in [0.717, 1.165) is 5.56 Å². The Morgan fingerprint density at radius 1 is 1.22 bits per heavy atom. The van der Waals surface area contributed by atoms with E-state index in [1.165, 1.54) is 0 Å². The highest BCUT2D eigenvalue weighted by atomic mass is 35.5. The fourth-order valence-corrected chi connectivity index (χ4v) is 4.53. The first-order valence-corrected chi connectivity index (χ1v) is 10.9. The van der Waals surface area contributed by atoms with Crippen LogP contribution in [0.5, 0.6) is 0 Å². The predicted molar refractivity (Wildman–Crippen MR) is 105 cm³/mol. The molecule has 27 heavy (non-hydrogen) atoms. The van der Waals surface area contributed by atoms with Gasteiger partial charge in [-0.25, -0.2) is 4.79 Å². The van der Waals surface area contributed by atoms with E-state index in [0.29, 0.717) is 0 Å². The molecule has 0 radical (unpaired) electrons. The van der Waals surface area contributed by atoms with Gasteiger partial charge in [0.2, 0.25) is 0 Å². The summed E-state index contributed by atoms with van der Waals surface area (Å²) in [5, 5.41) is 10.0. The van der Waals surface area contributed by atoms with Crippen LogP contribution in [0.4, 0.5) is 0 Å². The van der Waals surface area contributed by atoms with Crippen molar-refractivity contribution in [1.29, 1.82) is 0 Å². The lowest BCUT2D eigenvalue weighted by Crippen LogP contribution is -2.59. The van der Waals surface area contributed by atoms with Crippen LogP contribution in [0.3, 0.4) is 0 Å². The number of carbonyl (C=O) groups is 1. The van der Waals surface area contributed by atoms with Gasteiger partial charge in [-0.3, -0.25) is 4.18 Å². The summed E-state index contributed by atoms with van der Waals surface area (Å²) in [5.41, 5.74) is -1.92. The molecule has 0 amide bonds. The summed E-state index contributed by atoms with van der Waals surface area (Å²) < 4.78 is 35.1. The van der Waals surface area contributed by atoms with E-state index >= 15 is 0 Å². The minimum Gasteiger partial charge on any atom is -0.479 e. The lowest BCUT2D eigenvalue weighted by Gasteiger charge is -2.45. The summed E-state index contributed by atoms with van der Waals surface area (Å²) in [4.78, 5) is 12.3. The molecule has 0 aromatic heterocycles. The molecule has 1 aromatic rings. The van der Waals surface area contributed by atoms with Gasteiger partial charge in [0.05, 0.1) is 19.0 Å². The third-order valence-corrected chi connectivity index (χ3v) is 6.11. The van der Waals surface area contributed by atoms with Crippen molar-refractivity contribution >= 4 is 27.7 Å². The van der Waals surface area contributed by atoms with E-state index in [4.69, 9.17) is 20.5 Å². The second kappa shape index (κ2) is 9.87. The van der Waals surface area contributed by atoms with Gasteiger partial charge < -0.3 is 9.84 Å². The lowest BCUT2D eigenvalue weighted by atomic mass is 9.69. The number of rotatable bonds is 12. The van der Waals surface area contributed by atoms with Crippen LogP contribution in [0.25, 0.3) is 0 Å². The van der Waals surface area contributed by atoms with Crippen LogP contribution in [-0.4, -0.2) is 43.3 Å². The summed E-state index contributed by atoms with van der Waals surface area (Å²) in [5.74, 6) is -1.58. The van der Waals surface area contributed by atoms with Gasteiger partial charge in [0.1, 0.15) is 0 Å². The summed E-state index contributed by atoms with van der Waals surface area (Å²) in [6.07, 6.45) is 0.267. The van der Waals surface area contributed by atoms with Gasteiger partial charge in [-0.15, -0.1) is 11.6 Å². The maximum Gasteiger partial charge on any atom is 0.336 e. The van der Waals surface area contributed by atoms with Crippen molar-refractivity contribution in [3.05, 3.63) is 35.9 Å². The third-order valence-electron chi connectivity index (χ3n) is 4.57. The molecule has 1 aromatic carbocycles. The number of carboxylic acids is 1. The number of ether oxygens (including phenoxy) is 1. The molecule has 0 spiro atoms. The molecular weight excluding hydrogens is 392 g/mol. The Kier molecular flexibility index (Phi) is 8.73. The first-order valence-electron chi connectivity index (χ1n) is 8.83. The molecule has 1 rings (SSSR count). The number of aliphatic carboxylic acids is 1. The Morgan fingerprint density at radius 3 is 2.30 bits per heavy atom. The minimum atomic E-state index is -3.79. The van der Waals surface area contributed by atoms with Crippen molar-refractivity contribution in [3.63, 3.8) is 0 Å². The zero-order valence-corrected chi connectivity index (χ0v) is 17.8. The molecule has 154 valence electrons. The summed E-state index contributed by atoms with van der Waals surface area (Å²) in [7, 11) is -3.79. The Hall–Kier alpha value is -1.15. The molecule has 8 heteroatoms. The minimum absolute atomic E-state index is 0.0910. The van der Waals surface area contributed by atoms with E-state index in [1.807, 2.05) is 30.3 Å². The molecule has 0 bridgehead atoms. The molecular formula is C19H29ClO6S. The fourth-order valence-electron chi connectivity index (χ4n) is 3.15. The Labute approximate surface area is 166 Å². The molecule has 0 aliphatic heterocycles. The zero-order valence-electron chi connectivity index (χ0n) is 16.3. The topological polar surface area (TPSA) is 89.9 Å². The van der Waals surface area contributed by atoms with E-state index in [9.17, 15) is 18.3 Å². The number of hydrogen-bond donors (Lipinski definition) is 1. The molecule has 0 unspecified atom stereocenters. The largest absolute Gasteiger partial charge is 0.479 e. The highest BCUT2D eigenvalue weighted by Crippen LogP contribution is 2.42. The molecule has 0 saturated heterocycles. The van der Waals surface area contributed by atoms with Crippen LogP contribution in [-0.2, 0) is 30.4 Å². The average molecular weight is 421 g/mol. The van der Waals surface area contributed by atoms with Gasteiger partial charge >= 0.3 is 5.97 Å². The monoisotopic (exact) mass is 420 g/mol. The zero-order chi connectivity index (χ0) is 20.7. The highest BCUT2D eigenvalue weighted by molar-refractivity contribution is 7.86. The average Bonchev–Trinajstić information content (AvgIpc) is 2.59. The number of alkyl halides is 1. The molecule has 0 heterocycles. The Bertz CT molecular complexity index is 702. The Morgan fingerprint density at radius 2 is 1.81 bits per heavy atom. The normalized spacial score (nSPS) is 14.9. The molecule has 0 saturated carbocycles. The van der Waals surface area contributed by atoms with Crippen LogP contribution >= 0.6 is 11.6 Å². The number of benzene rings is 1. The second-order valence-electron chi connectivity index (χ2n) is 7.42. The molecule has 1 N–H and O–H groups in total. The van der Waals surface area contributed by atoms with Gasteiger partial charge in [-0.2, -0.15) is 8.42 Å². The van der Waals surface area contributed by atoms with Gasteiger partial charge in [0.25, 0.3) is 10.1 Å². The fraction of sp³-hybridized carbons (Fsp3) is 0.632. The summed E-state index contributed by atoms with van der Waals surface area (Å²) in [6.45, 7) is 6.54. The van der Waals surface area contributed by atoms with Crippen molar-refractivity contribution < 1.29 is 27.2 Å². The van der Waals surface area contributed by atoms with Gasteiger partial charge in [-0.1, -0.05) is 58.0 Å². The maximum atomic E-state index is 12.3. The van der Waals surface area contributed by atoms with Crippen LogP contribution in [0.1, 0.15) is 39.7 Å². The quantitative estimate of drug-likeness (QED) is 0.409. The number of hydrogen-bond acceptors (Lipinski definition) is 5. The van der Waals surface area contributed by atoms with Crippen LogP contribution in [0.15, 0.2) is 30.3 Å². The van der Waals surface area contributed by atoms with E-state index in [-0.39, 0.29) is 31.3 Å². The smallest absolute Gasteiger partial charge is 0.336 e. The van der Waals surface area contributed by atoms with Gasteiger partial charge in [0.15, 0.2) is 5.60 Å². The van der Waals surface area contributed by atoms with Gasteiger partial charge in [0, 0.05) is 11.3 Å². The molecule has 0 aliphatic carbocycles. The van der Waals surface area contributed by atoms with Crippen molar-refractivity contribution in [2.45, 2.75) is 46.3 Å². The molecule has 0 fully saturated rings. The summed E-state index contributed by atoms with van der Waals surface area (Å²) >= 11 is 5.54. The highest BCUT2D eigenvalue weighted by Gasteiger charge is 2.55. The van der Waals surface area contributed by atoms with E-state index < -0.39 is 33.0 Å². The maximum absolute atomic E-state index is 12.3. The number of halogens is 1. The van der Waals surface area contributed by atoms with E-state index in [2.05, 4.69) is 0 Å².